The van der Waals surface area contributed by atoms with Gasteiger partial charge in [-0.3, -0.25) is 14.3 Å². The molecular weight excluding hydrogens is 492 g/mol. The van der Waals surface area contributed by atoms with Gasteiger partial charge in [-0.1, -0.05) is 84.9 Å². The van der Waals surface area contributed by atoms with Gasteiger partial charge >= 0.3 is 5.97 Å². The number of carbonyl (C=O) groups excluding carboxylic acids is 2. The molecule has 1 fully saturated rings. The van der Waals surface area contributed by atoms with E-state index in [1.807, 2.05) is 66.7 Å². The van der Waals surface area contributed by atoms with Gasteiger partial charge in [0.15, 0.2) is 0 Å². The lowest BCUT2D eigenvalue weighted by Crippen LogP contribution is -2.84. The summed E-state index contributed by atoms with van der Waals surface area (Å²) in [6.07, 6.45) is 0.259. The maximum Gasteiger partial charge on any atom is 0.360 e. The maximum absolute atomic E-state index is 14.7. The summed E-state index contributed by atoms with van der Waals surface area (Å²) >= 11 is 0. The average Bonchev–Trinajstić information content (AvgIpc) is 3.24. The molecule has 3 aliphatic rings. The van der Waals surface area contributed by atoms with E-state index in [4.69, 9.17) is 19.2 Å². The molecule has 3 aliphatic heterocycles. The van der Waals surface area contributed by atoms with Gasteiger partial charge in [-0.2, -0.15) is 0 Å². The van der Waals surface area contributed by atoms with Crippen LogP contribution in [0.25, 0.3) is 0 Å². The molecule has 0 bridgehead atoms. The Labute approximate surface area is 225 Å². The van der Waals surface area contributed by atoms with E-state index in [9.17, 15) is 9.59 Å². The average molecular weight is 517 g/mol. The number of carbonyl (C=O) groups is 2. The van der Waals surface area contributed by atoms with Crippen molar-refractivity contribution < 1.29 is 23.8 Å². The van der Waals surface area contributed by atoms with Crippen molar-refractivity contribution in [3.8, 4) is 0 Å². The number of aliphatic imine (C=N–C) groups is 1. The van der Waals surface area contributed by atoms with Crippen LogP contribution in [0.1, 0.15) is 27.0 Å². The lowest BCUT2D eigenvalue weighted by molar-refractivity contribution is -0.487. The summed E-state index contributed by atoms with van der Waals surface area (Å²) in [5.41, 5.74) is -0.198. The normalized spacial score (nSPS) is 26.9. The molecule has 0 aromatic heterocycles. The van der Waals surface area contributed by atoms with Crippen molar-refractivity contribution in [2.75, 3.05) is 12.0 Å². The van der Waals surface area contributed by atoms with Crippen LogP contribution in [0.4, 0.5) is 5.69 Å². The zero-order valence-corrected chi connectivity index (χ0v) is 21.1. The van der Waals surface area contributed by atoms with Crippen molar-refractivity contribution >= 4 is 23.4 Å². The number of hydrogen-bond acceptors (Lipinski definition) is 6. The fourth-order valence-corrected chi connectivity index (χ4v) is 6.01. The molecule has 7 rings (SSSR count). The predicted octanol–water partition coefficient (Wildman–Crippen LogP) is 4.86. The summed E-state index contributed by atoms with van der Waals surface area (Å²) in [7, 11) is 1.48. The third-order valence-corrected chi connectivity index (χ3v) is 7.75. The molecule has 4 aromatic rings. The van der Waals surface area contributed by atoms with E-state index < -0.39 is 28.9 Å². The number of hydrogen-bond donors (Lipinski definition) is 0. The molecule has 3 atom stereocenters. The molecule has 39 heavy (non-hydrogen) atoms. The van der Waals surface area contributed by atoms with Crippen LogP contribution in [0.2, 0.25) is 0 Å². The largest absolute Gasteiger partial charge is 0.419 e. The Balaban J connectivity index is 1.52. The number of anilines is 1. The minimum absolute atomic E-state index is 0.259. The Kier molecular flexibility index (Phi) is 5.10. The van der Waals surface area contributed by atoms with Crippen LogP contribution < -0.4 is 4.90 Å². The molecule has 192 valence electrons. The number of imide groups is 1. The molecule has 4 aromatic carbocycles. The SMILES string of the molecule is CO[C@]12OC(c3ccccc3)=N[C@@]1(Cc1ccccc1)[C@]1(O2)C(=O)N(c2ccccc2)C(=O)c2ccccc21. The number of benzene rings is 4. The Bertz CT molecular complexity index is 1620. The lowest BCUT2D eigenvalue weighted by atomic mass is 9.62. The van der Waals surface area contributed by atoms with Crippen molar-refractivity contribution in [1.82, 2.24) is 0 Å². The summed E-state index contributed by atoms with van der Waals surface area (Å²) in [5.74, 6) is -2.35. The summed E-state index contributed by atoms with van der Waals surface area (Å²) in [5, 5.41) is 0. The molecule has 2 amide bonds. The van der Waals surface area contributed by atoms with E-state index in [0.717, 1.165) is 11.1 Å². The van der Waals surface area contributed by atoms with Crippen molar-refractivity contribution in [2.24, 2.45) is 4.99 Å². The Morgan fingerprint density at radius 2 is 1.41 bits per heavy atom. The molecule has 1 saturated heterocycles. The van der Waals surface area contributed by atoms with E-state index in [1.54, 1.807) is 48.5 Å². The quantitative estimate of drug-likeness (QED) is 0.354. The second-order valence-corrected chi connectivity index (χ2v) is 9.78. The maximum atomic E-state index is 14.7. The van der Waals surface area contributed by atoms with E-state index in [0.29, 0.717) is 22.7 Å². The van der Waals surface area contributed by atoms with Gasteiger partial charge < -0.3 is 9.47 Å². The van der Waals surface area contributed by atoms with Crippen molar-refractivity contribution in [2.45, 2.75) is 23.5 Å². The second kappa shape index (κ2) is 8.46. The topological polar surface area (TPSA) is 77.4 Å². The van der Waals surface area contributed by atoms with Gasteiger partial charge in [-0.15, -0.1) is 0 Å². The molecular formula is C32H24N2O5. The molecule has 7 nitrogen and oxygen atoms in total. The molecule has 7 heteroatoms. The molecule has 1 spiro atoms. The first-order valence-corrected chi connectivity index (χ1v) is 12.7. The number of ether oxygens (including phenoxy) is 3. The molecule has 0 unspecified atom stereocenters. The molecule has 0 N–H and O–H groups in total. The zero-order chi connectivity index (χ0) is 26.7. The fourth-order valence-electron chi connectivity index (χ4n) is 6.01. The van der Waals surface area contributed by atoms with Gasteiger partial charge in [0.2, 0.25) is 17.0 Å². The van der Waals surface area contributed by atoms with Gasteiger partial charge in [-0.05, 0) is 35.9 Å². The van der Waals surface area contributed by atoms with Crippen molar-refractivity contribution in [3.63, 3.8) is 0 Å². The fraction of sp³-hybridized carbons (Fsp3) is 0.156. The lowest BCUT2D eigenvalue weighted by Gasteiger charge is -2.62. The minimum atomic E-state index is -1.70. The standard InChI is InChI=1S/C32H24N2O5/c1-37-32-30(21-22-13-5-2-6-14-22,33-27(38-32)23-15-7-3-8-16-23)31(39-32)26-20-12-11-19-25(26)28(35)34(29(31)36)24-17-9-4-10-18-24/h2-20H,21H2,1H3/t30-,31+,32-/m0/s1. The minimum Gasteiger partial charge on any atom is -0.419 e. The van der Waals surface area contributed by atoms with Crippen LogP contribution in [0, 0.1) is 0 Å². The smallest absolute Gasteiger partial charge is 0.360 e. The van der Waals surface area contributed by atoms with Crippen LogP contribution >= 0.6 is 0 Å². The molecule has 3 heterocycles. The summed E-state index contributed by atoms with van der Waals surface area (Å²) in [4.78, 5) is 34.9. The Hall–Kier alpha value is -4.59. The highest BCUT2D eigenvalue weighted by molar-refractivity contribution is 6.28. The summed E-state index contributed by atoms with van der Waals surface area (Å²) in [6.45, 7) is 0. The van der Waals surface area contributed by atoms with Crippen LogP contribution in [0.5, 0.6) is 0 Å². The molecule has 0 aliphatic carbocycles. The van der Waals surface area contributed by atoms with Crippen molar-refractivity contribution in [1.29, 1.82) is 0 Å². The third-order valence-electron chi connectivity index (χ3n) is 7.75. The molecule has 0 saturated carbocycles. The summed E-state index contributed by atoms with van der Waals surface area (Å²) in [6, 6.07) is 35.1. The Morgan fingerprint density at radius 3 is 2.10 bits per heavy atom. The van der Waals surface area contributed by atoms with Gasteiger partial charge in [0, 0.05) is 30.2 Å². The number of nitrogens with zero attached hydrogens (tertiary/aromatic N) is 2. The second-order valence-electron chi connectivity index (χ2n) is 9.78. The highest BCUT2D eigenvalue weighted by Crippen LogP contribution is 2.66. The number of methoxy groups -OCH3 is 1. The van der Waals surface area contributed by atoms with Crippen LogP contribution in [-0.2, 0) is 31.0 Å². The number of fused-ring (bicyclic) bond motifs is 4. The number of amides is 2. The van der Waals surface area contributed by atoms with E-state index in [-0.39, 0.29) is 6.42 Å². The monoisotopic (exact) mass is 516 g/mol. The first-order valence-electron chi connectivity index (χ1n) is 12.7. The van der Waals surface area contributed by atoms with Crippen LogP contribution in [0.15, 0.2) is 120 Å². The van der Waals surface area contributed by atoms with Crippen LogP contribution in [-0.4, -0.2) is 36.3 Å². The van der Waals surface area contributed by atoms with Gasteiger partial charge in [0.05, 0.1) is 5.69 Å². The number of para-hydroxylation sites is 1. The first kappa shape index (κ1) is 23.5. The van der Waals surface area contributed by atoms with Gasteiger partial charge in [0.25, 0.3) is 11.8 Å². The number of rotatable bonds is 5. The van der Waals surface area contributed by atoms with E-state index >= 15 is 0 Å². The van der Waals surface area contributed by atoms with Crippen molar-refractivity contribution in [3.05, 3.63) is 138 Å². The van der Waals surface area contributed by atoms with Gasteiger partial charge in [0.1, 0.15) is 0 Å². The first-order chi connectivity index (χ1) is 19.1. The van der Waals surface area contributed by atoms with E-state index in [1.165, 1.54) is 12.0 Å². The Morgan fingerprint density at radius 1 is 0.795 bits per heavy atom. The highest BCUT2D eigenvalue weighted by atomic mass is 16.9. The van der Waals surface area contributed by atoms with Crippen LogP contribution in [0.3, 0.4) is 0 Å². The highest BCUT2D eigenvalue weighted by Gasteiger charge is 2.88. The summed E-state index contributed by atoms with van der Waals surface area (Å²) < 4.78 is 18.9. The van der Waals surface area contributed by atoms with Gasteiger partial charge in [-0.25, -0.2) is 9.89 Å². The molecule has 0 radical (unpaired) electrons. The predicted molar refractivity (Wildman–Crippen MR) is 144 cm³/mol. The zero-order valence-electron chi connectivity index (χ0n) is 21.1. The third kappa shape index (κ3) is 3.02. The van der Waals surface area contributed by atoms with E-state index in [2.05, 4.69) is 0 Å².